The van der Waals surface area contributed by atoms with E-state index in [2.05, 4.69) is 4.74 Å². The van der Waals surface area contributed by atoms with Gasteiger partial charge in [-0.05, 0) is 26.2 Å². The van der Waals surface area contributed by atoms with E-state index in [0.29, 0.717) is 12.8 Å². The molecule has 1 atom stereocenters. The van der Waals surface area contributed by atoms with Gasteiger partial charge in [0.05, 0.1) is 11.3 Å². The van der Waals surface area contributed by atoms with Gasteiger partial charge < -0.3 is 9.47 Å². The molecule has 1 saturated carbocycles. The lowest BCUT2D eigenvalue weighted by Gasteiger charge is -2.30. The highest BCUT2D eigenvalue weighted by molar-refractivity contribution is 5.78. The predicted octanol–water partition coefficient (Wildman–Crippen LogP) is 4.56. The molecule has 0 spiro atoms. The molecular formula is C16H22F6O4. The van der Waals surface area contributed by atoms with E-state index in [1.807, 2.05) is 0 Å². The summed E-state index contributed by atoms with van der Waals surface area (Å²) in [5.41, 5.74) is -1.81. The van der Waals surface area contributed by atoms with Gasteiger partial charge >= 0.3 is 24.3 Å². The van der Waals surface area contributed by atoms with Crippen molar-refractivity contribution >= 4 is 11.9 Å². The molecule has 0 aromatic rings. The van der Waals surface area contributed by atoms with E-state index in [1.165, 1.54) is 6.92 Å². The average molecular weight is 392 g/mol. The van der Waals surface area contributed by atoms with Gasteiger partial charge in [-0.1, -0.05) is 26.2 Å². The van der Waals surface area contributed by atoms with Crippen LogP contribution in [-0.2, 0) is 19.1 Å². The second-order valence-electron chi connectivity index (χ2n) is 6.73. The summed E-state index contributed by atoms with van der Waals surface area (Å²) in [4.78, 5) is 24.0. The van der Waals surface area contributed by atoms with Gasteiger partial charge in [-0.3, -0.25) is 9.59 Å². The number of ether oxygens (including phenoxy) is 2. The smallest absolute Gasteiger partial charge is 0.434 e. The van der Waals surface area contributed by atoms with E-state index in [-0.39, 0.29) is 12.3 Å². The minimum atomic E-state index is -5.79. The van der Waals surface area contributed by atoms with Crippen LogP contribution in [0.5, 0.6) is 0 Å². The minimum Gasteiger partial charge on any atom is -0.464 e. The Morgan fingerprint density at radius 2 is 1.50 bits per heavy atom. The van der Waals surface area contributed by atoms with Crippen molar-refractivity contribution in [2.45, 2.75) is 70.8 Å². The third kappa shape index (κ3) is 6.05. The molecule has 26 heavy (non-hydrogen) atoms. The van der Waals surface area contributed by atoms with Crippen molar-refractivity contribution in [1.82, 2.24) is 0 Å². The molecule has 4 nitrogen and oxygen atoms in total. The van der Waals surface area contributed by atoms with Crippen molar-refractivity contribution < 1.29 is 45.4 Å². The van der Waals surface area contributed by atoms with Gasteiger partial charge in [0.1, 0.15) is 6.61 Å². The van der Waals surface area contributed by atoms with E-state index < -0.39 is 42.4 Å². The van der Waals surface area contributed by atoms with Crippen LogP contribution in [0.15, 0.2) is 0 Å². The minimum absolute atomic E-state index is 0.161. The molecule has 0 N–H and O–H groups in total. The summed E-state index contributed by atoms with van der Waals surface area (Å²) >= 11 is 0. The zero-order valence-electron chi connectivity index (χ0n) is 14.5. The molecule has 1 aliphatic carbocycles. The topological polar surface area (TPSA) is 52.6 Å². The van der Waals surface area contributed by atoms with Crippen LogP contribution in [0.1, 0.15) is 52.4 Å². The molecule has 1 unspecified atom stereocenters. The number of esters is 2. The maximum atomic E-state index is 12.5. The summed E-state index contributed by atoms with van der Waals surface area (Å²) in [5, 5.41) is 0. The molecular weight excluding hydrogens is 370 g/mol. The second kappa shape index (κ2) is 8.47. The summed E-state index contributed by atoms with van der Waals surface area (Å²) in [5.74, 6) is -2.67. The number of hydrogen-bond donors (Lipinski definition) is 0. The lowest BCUT2D eigenvalue weighted by molar-refractivity contribution is -0.316. The number of carbonyl (C=O) groups excluding carboxylic acids is 2. The molecule has 0 bridgehead atoms. The largest absolute Gasteiger partial charge is 0.464 e. The normalized spacial score (nSPS) is 19.1. The number of rotatable bonds is 6. The lowest BCUT2D eigenvalue weighted by Crippen LogP contribution is -2.48. The molecule has 0 aromatic carbocycles. The summed E-state index contributed by atoms with van der Waals surface area (Å²) in [6.07, 6.45) is -12.1. The predicted molar refractivity (Wildman–Crippen MR) is 77.9 cm³/mol. The highest BCUT2D eigenvalue weighted by atomic mass is 19.4. The number of halogens is 6. The Balaban J connectivity index is 2.76. The van der Waals surface area contributed by atoms with Crippen LogP contribution in [0.3, 0.4) is 0 Å². The van der Waals surface area contributed by atoms with Crippen molar-refractivity contribution in [3.8, 4) is 0 Å². The van der Waals surface area contributed by atoms with Crippen molar-refractivity contribution in [3.05, 3.63) is 0 Å². The summed E-state index contributed by atoms with van der Waals surface area (Å²) in [6.45, 7) is 1.85. The fourth-order valence-electron chi connectivity index (χ4n) is 2.56. The first-order valence-corrected chi connectivity index (χ1v) is 8.32. The van der Waals surface area contributed by atoms with Crippen LogP contribution in [-0.4, -0.2) is 37.0 Å². The van der Waals surface area contributed by atoms with E-state index in [9.17, 15) is 35.9 Å². The Labute approximate surface area is 147 Å². The molecule has 152 valence electrons. The quantitative estimate of drug-likeness (QED) is 0.491. The standard InChI is InChI=1S/C16H22F6O4/c1-3-14(2,9-25-11(23)10-7-5-4-6-8-10)13(24)26-12(15(17,18)19)16(20,21)22/h10,12H,3-9H2,1-2H3. The molecule has 1 aliphatic rings. The van der Waals surface area contributed by atoms with Crippen molar-refractivity contribution in [2.75, 3.05) is 6.61 Å². The lowest BCUT2D eigenvalue weighted by atomic mass is 9.87. The number of alkyl halides is 6. The van der Waals surface area contributed by atoms with E-state index in [1.54, 1.807) is 0 Å². The Morgan fingerprint density at radius 1 is 1.00 bits per heavy atom. The van der Waals surface area contributed by atoms with Gasteiger partial charge in [0.15, 0.2) is 0 Å². The Kier molecular flexibility index (Phi) is 7.35. The molecule has 0 aromatic heterocycles. The molecule has 1 fully saturated rings. The first kappa shape index (κ1) is 22.6. The zero-order chi connectivity index (χ0) is 20.2. The SMILES string of the molecule is CCC(C)(COC(=O)C1CCCCC1)C(=O)OC(C(F)(F)F)C(F)(F)F. The monoisotopic (exact) mass is 392 g/mol. The summed E-state index contributed by atoms with van der Waals surface area (Å²) < 4.78 is 84.0. The van der Waals surface area contributed by atoms with Gasteiger partial charge in [-0.2, -0.15) is 26.3 Å². The van der Waals surface area contributed by atoms with Crippen LogP contribution in [0.4, 0.5) is 26.3 Å². The zero-order valence-corrected chi connectivity index (χ0v) is 14.5. The fourth-order valence-corrected chi connectivity index (χ4v) is 2.56. The molecule has 0 amide bonds. The molecule has 0 saturated heterocycles. The van der Waals surface area contributed by atoms with Gasteiger partial charge in [0.25, 0.3) is 6.10 Å². The highest BCUT2D eigenvalue weighted by Gasteiger charge is 2.60. The van der Waals surface area contributed by atoms with Crippen LogP contribution >= 0.6 is 0 Å². The van der Waals surface area contributed by atoms with E-state index in [0.717, 1.165) is 26.2 Å². The third-order valence-corrected chi connectivity index (χ3v) is 4.56. The molecule has 0 aliphatic heterocycles. The van der Waals surface area contributed by atoms with E-state index >= 15 is 0 Å². The number of hydrogen-bond acceptors (Lipinski definition) is 4. The number of carbonyl (C=O) groups is 2. The fraction of sp³-hybridized carbons (Fsp3) is 0.875. The van der Waals surface area contributed by atoms with Gasteiger partial charge in [0, 0.05) is 0 Å². The van der Waals surface area contributed by atoms with Crippen LogP contribution < -0.4 is 0 Å². The summed E-state index contributed by atoms with van der Waals surface area (Å²) in [6, 6.07) is 0. The van der Waals surface area contributed by atoms with Crippen molar-refractivity contribution in [2.24, 2.45) is 11.3 Å². The maximum Gasteiger partial charge on any atom is 0.434 e. The Morgan fingerprint density at radius 3 is 1.92 bits per heavy atom. The second-order valence-corrected chi connectivity index (χ2v) is 6.73. The molecule has 0 heterocycles. The third-order valence-electron chi connectivity index (χ3n) is 4.56. The molecule has 10 heteroatoms. The molecule has 1 rings (SSSR count). The summed E-state index contributed by atoms with van der Waals surface area (Å²) in [7, 11) is 0. The van der Waals surface area contributed by atoms with Crippen molar-refractivity contribution in [1.29, 1.82) is 0 Å². The van der Waals surface area contributed by atoms with Crippen molar-refractivity contribution in [3.63, 3.8) is 0 Å². The first-order chi connectivity index (χ1) is 11.8. The van der Waals surface area contributed by atoms with E-state index in [4.69, 9.17) is 4.74 Å². The van der Waals surface area contributed by atoms with Gasteiger partial charge in [-0.25, -0.2) is 0 Å². The van der Waals surface area contributed by atoms with Gasteiger partial charge in [0.2, 0.25) is 0 Å². The maximum absolute atomic E-state index is 12.5. The Hall–Kier alpha value is -1.48. The highest BCUT2D eigenvalue weighted by Crippen LogP contribution is 2.38. The average Bonchev–Trinajstić information content (AvgIpc) is 2.55. The van der Waals surface area contributed by atoms with Crippen LogP contribution in [0.2, 0.25) is 0 Å². The first-order valence-electron chi connectivity index (χ1n) is 8.32. The van der Waals surface area contributed by atoms with Crippen LogP contribution in [0, 0.1) is 11.3 Å². The Bertz CT molecular complexity index is 482. The molecule has 0 radical (unpaired) electrons. The van der Waals surface area contributed by atoms with Crippen LogP contribution in [0.25, 0.3) is 0 Å². The van der Waals surface area contributed by atoms with Gasteiger partial charge in [-0.15, -0.1) is 0 Å².